The molecule has 18 heavy (non-hydrogen) atoms. The van der Waals surface area contributed by atoms with Crippen molar-refractivity contribution >= 4 is 18.0 Å². The predicted octanol–water partition coefficient (Wildman–Crippen LogP) is 1.99. The Morgan fingerprint density at radius 3 is 2.94 bits per heavy atom. The van der Waals surface area contributed by atoms with Gasteiger partial charge in [0.15, 0.2) is 0 Å². The first-order valence-electron chi connectivity index (χ1n) is 6.18. The van der Waals surface area contributed by atoms with Gasteiger partial charge in [-0.2, -0.15) is 0 Å². The summed E-state index contributed by atoms with van der Waals surface area (Å²) in [5.74, 6) is 1.28. The molecule has 0 spiro atoms. The molecule has 0 aromatic carbocycles. The summed E-state index contributed by atoms with van der Waals surface area (Å²) in [5, 5.41) is 0. The number of rotatable bonds is 2. The van der Waals surface area contributed by atoms with E-state index in [0.29, 0.717) is 0 Å². The van der Waals surface area contributed by atoms with E-state index < -0.39 is 0 Å². The maximum Gasteiger partial charge on any atom is 0.277 e. The molecule has 2 aromatic rings. The van der Waals surface area contributed by atoms with Crippen molar-refractivity contribution in [2.24, 2.45) is 0 Å². The minimum atomic E-state index is 0.988. The first kappa shape index (κ1) is 11.0. The number of likely N-dealkylation sites (N-methyl/N-ethyl adjacent to an activating group) is 1. The molecule has 3 nitrogen and oxygen atoms in total. The molecule has 2 aromatic heterocycles. The highest BCUT2D eigenvalue weighted by Crippen LogP contribution is 2.14. The minimum Gasteiger partial charge on any atom is -0.260 e. The molecule has 1 aliphatic rings. The molecule has 3 heteroatoms. The van der Waals surface area contributed by atoms with E-state index in [0.717, 1.165) is 18.8 Å². The van der Waals surface area contributed by atoms with Gasteiger partial charge in [-0.25, -0.2) is 4.57 Å². The molecular weight excluding hydrogens is 222 g/mol. The lowest BCUT2D eigenvalue weighted by atomic mass is 10.2. The highest BCUT2D eigenvalue weighted by Gasteiger charge is 2.24. The van der Waals surface area contributed by atoms with E-state index in [1.54, 1.807) is 0 Å². The molecule has 0 bridgehead atoms. The van der Waals surface area contributed by atoms with Crippen molar-refractivity contribution in [2.45, 2.75) is 6.54 Å². The van der Waals surface area contributed by atoms with Gasteiger partial charge in [0.05, 0.1) is 12.7 Å². The first-order valence-corrected chi connectivity index (χ1v) is 6.18. The number of fused-ring (bicyclic) bond motifs is 1. The molecule has 0 amide bonds. The monoisotopic (exact) mass is 238 g/mol. The number of pyridine rings is 2. The van der Waals surface area contributed by atoms with Gasteiger partial charge in [-0.05, 0) is 36.4 Å². The summed E-state index contributed by atoms with van der Waals surface area (Å²) in [6, 6.07) is 12.3. The van der Waals surface area contributed by atoms with Crippen molar-refractivity contribution in [3.63, 3.8) is 0 Å². The van der Waals surface area contributed by atoms with Crippen LogP contribution in [0.2, 0.25) is 0 Å². The predicted molar refractivity (Wildman–Crippen MR) is 73.1 cm³/mol. The van der Waals surface area contributed by atoms with E-state index in [1.165, 1.54) is 11.5 Å². The zero-order chi connectivity index (χ0) is 12.4. The van der Waals surface area contributed by atoms with Crippen molar-refractivity contribution < 1.29 is 4.57 Å². The van der Waals surface area contributed by atoms with Crippen molar-refractivity contribution in [1.29, 1.82) is 0 Å². The lowest BCUT2D eigenvalue weighted by Gasteiger charge is -2.03. The lowest BCUT2D eigenvalue weighted by molar-refractivity contribution is -0.672. The van der Waals surface area contributed by atoms with Crippen LogP contribution >= 0.6 is 0 Å². The number of hydrogen-bond acceptors (Lipinski definition) is 2. The van der Waals surface area contributed by atoms with Crippen LogP contribution in [-0.4, -0.2) is 18.6 Å². The van der Waals surface area contributed by atoms with Gasteiger partial charge in [-0.3, -0.25) is 9.88 Å². The van der Waals surface area contributed by atoms with Crippen LogP contribution in [0.15, 0.2) is 42.6 Å². The molecule has 0 N–H and O–H groups in total. The third-order valence-corrected chi connectivity index (χ3v) is 3.26. The highest BCUT2D eigenvalue weighted by atomic mass is 15.3. The standard InChI is InChI=1S/C15H16N3/c1-17-11-12-18-14(6-4-7-15(17)18)9-8-13-5-2-3-10-16-13/h2-10H,11-12H2,1H3/q+1/b9-8+. The summed E-state index contributed by atoms with van der Waals surface area (Å²) < 4.78 is 2.33. The van der Waals surface area contributed by atoms with Gasteiger partial charge in [0.2, 0.25) is 0 Å². The molecule has 0 saturated carbocycles. The van der Waals surface area contributed by atoms with E-state index in [4.69, 9.17) is 0 Å². The van der Waals surface area contributed by atoms with Gasteiger partial charge >= 0.3 is 0 Å². The van der Waals surface area contributed by atoms with E-state index in [9.17, 15) is 0 Å². The summed E-state index contributed by atoms with van der Waals surface area (Å²) in [4.78, 5) is 6.57. The largest absolute Gasteiger partial charge is 0.277 e. The van der Waals surface area contributed by atoms with Crippen LogP contribution in [0.1, 0.15) is 11.4 Å². The first-order chi connectivity index (χ1) is 8.84. The Kier molecular flexibility index (Phi) is 2.81. The molecule has 0 aliphatic carbocycles. The molecule has 90 valence electrons. The van der Waals surface area contributed by atoms with Crippen LogP contribution in [0.5, 0.6) is 0 Å². The summed E-state index contributed by atoms with van der Waals surface area (Å²) >= 11 is 0. The molecule has 0 atom stereocenters. The molecule has 3 rings (SSSR count). The van der Waals surface area contributed by atoms with Crippen molar-refractivity contribution in [1.82, 2.24) is 4.98 Å². The molecule has 0 fully saturated rings. The molecule has 0 unspecified atom stereocenters. The van der Waals surface area contributed by atoms with Crippen molar-refractivity contribution in [3.8, 4) is 0 Å². The van der Waals surface area contributed by atoms with Crippen LogP contribution in [0.3, 0.4) is 0 Å². The van der Waals surface area contributed by atoms with Gasteiger partial charge in [0.25, 0.3) is 5.82 Å². The summed E-state index contributed by atoms with van der Waals surface area (Å²) in [6.45, 7) is 2.13. The topological polar surface area (TPSA) is 20.0 Å². The van der Waals surface area contributed by atoms with Crippen molar-refractivity contribution in [2.75, 3.05) is 18.5 Å². The zero-order valence-electron chi connectivity index (χ0n) is 10.5. The normalized spacial score (nSPS) is 14.2. The maximum atomic E-state index is 4.30. The number of nitrogens with zero attached hydrogens (tertiary/aromatic N) is 3. The van der Waals surface area contributed by atoms with E-state index in [2.05, 4.69) is 51.8 Å². The SMILES string of the molecule is CN1CC[n+]2c(/C=C/c3ccccn3)cccc21. The number of hydrogen-bond donors (Lipinski definition) is 0. The fourth-order valence-corrected chi connectivity index (χ4v) is 2.28. The van der Waals surface area contributed by atoms with Crippen LogP contribution in [0.25, 0.3) is 12.2 Å². The van der Waals surface area contributed by atoms with Crippen LogP contribution in [0.4, 0.5) is 5.82 Å². The van der Waals surface area contributed by atoms with E-state index in [1.807, 2.05) is 24.4 Å². The van der Waals surface area contributed by atoms with E-state index >= 15 is 0 Å². The fraction of sp³-hybridized carbons (Fsp3) is 0.200. The molecule has 0 radical (unpaired) electrons. The van der Waals surface area contributed by atoms with Gasteiger partial charge < -0.3 is 0 Å². The average Bonchev–Trinajstić information content (AvgIpc) is 2.80. The van der Waals surface area contributed by atoms with Gasteiger partial charge in [-0.1, -0.05) is 6.07 Å². The van der Waals surface area contributed by atoms with Crippen LogP contribution < -0.4 is 9.47 Å². The summed E-state index contributed by atoms with van der Waals surface area (Å²) in [5.41, 5.74) is 2.21. The Bertz CT molecular complexity index is 576. The van der Waals surface area contributed by atoms with Gasteiger partial charge in [-0.15, -0.1) is 0 Å². The lowest BCUT2D eigenvalue weighted by Crippen LogP contribution is -2.34. The molecule has 3 heterocycles. The quantitative estimate of drug-likeness (QED) is 0.746. The Morgan fingerprint density at radius 2 is 2.11 bits per heavy atom. The third-order valence-electron chi connectivity index (χ3n) is 3.26. The highest BCUT2D eigenvalue weighted by molar-refractivity contribution is 5.65. The van der Waals surface area contributed by atoms with Crippen molar-refractivity contribution in [3.05, 3.63) is 54.0 Å². The number of anilines is 1. The Balaban J connectivity index is 1.93. The second kappa shape index (κ2) is 4.61. The van der Waals surface area contributed by atoms with Crippen LogP contribution in [-0.2, 0) is 6.54 Å². The van der Waals surface area contributed by atoms with Gasteiger partial charge in [0, 0.05) is 12.3 Å². The maximum absolute atomic E-state index is 4.30. The number of aromatic nitrogens is 2. The van der Waals surface area contributed by atoms with Crippen LogP contribution in [0, 0.1) is 0 Å². The Labute approximate surface area is 107 Å². The Morgan fingerprint density at radius 1 is 1.17 bits per heavy atom. The van der Waals surface area contributed by atoms with Gasteiger partial charge in [0.1, 0.15) is 18.8 Å². The second-order valence-corrected chi connectivity index (χ2v) is 4.47. The molecule has 1 aliphatic heterocycles. The molecular formula is C15H16N3+. The minimum absolute atomic E-state index is 0.988. The summed E-state index contributed by atoms with van der Waals surface area (Å²) in [7, 11) is 2.13. The third kappa shape index (κ3) is 1.99. The second-order valence-electron chi connectivity index (χ2n) is 4.47. The summed E-state index contributed by atoms with van der Waals surface area (Å²) in [6.07, 6.45) is 6.00. The Hall–Kier alpha value is -2.16. The molecule has 0 saturated heterocycles. The average molecular weight is 238 g/mol. The zero-order valence-corrected chi connectivity index (χ0v) is 10.5. The fourth-order valence-electron chi connectivity index (χ4n) is 2.28. The van der Waals surface area contributed by atoms with E-state index in [-0.39, 0.29) is 0 Å². The smallest absolute Gasteiger partial charge is 0.260 e.